The quantitative estimate of drug-likeness (QED) is 0.412. The van der Waals surface area contributed by atoms with Crippen LogP contribution in [0.1, 0.15) is 20.3 Å². The first-order valence-electron chi connectivity index (χ1n) is 3.39. The molecule has 1 rings (SSSR count). The van der Waals surface area contributed by atoms with Crippen LogP contribution in [0, 0.1) is 5.41 Å². The average molecular weight is 122 g/mol. The summed E-state index contributed by atoms with van der Waals surface area (Å²) in [6, 6.07) is 0. The van der Waals surface area contributed by atoms with Crippen LogP contribution in [-0.2, 0) is 0 Å². The SMILES string of the molecule is CC1(C)C=CCC1[B]N. The number of hydrogen-bond acceptors (Lipinski definition) is 1. The zero-order chi connectivity index (χ0) is 6.91. The lowest BCUT2D eigenvalue weighted by Gasteiger charge is -2.23. The molecule has 1 radical (unpaired) electrons. The normalized spacial score (nSPS) is 30.8. The maximum Gasteiger partial charge on any atom is 0.207 e. The van der Waals surface area contributed by atoms with E-state index >= 15 is 0 Å². The highest BCUT2D eigenvalue weighted by atomic mass is 14.4. The lowest BCUT2D eigenvalue weighted by atomic mass is 9.63. The molecule has 0 aromatic carbocycles. The van der Waals surface area contributed by atoms with Crippen molar-refractivity contribution in [3.63, 3.8) is 0 Å². The first-order chi connectivity index (χ1) is 4.17. The van der Waals surface area contributed by atoms with E-state index in [2.05, 4.69) is 26.0 Å². The molecule has 1 aliphatic rings. The van der Waals surface area contributed by atoms with Crippen molar-refractivity contribution in [1.82, 2.24) is 0 Å². The van der Waals surface area contributed by atoms with Crippen LogP contribution in [0.3, 0.4) is 0 Å². The Morgan fingerprint density at radius 2 is 2.33 bits per heavy atom. The van der Waals surface area contributed by atoms with Gasteiger partial charge in [-0.15, -0.1) is 0 Å². The molecular formula is C7H13BN. The molecule has 0 saturated carbocycles. The molecule has 1 unspecified atom stereocenters. The topological polar surface area (TPSA) is 26.0 Å². The molecule has 1 aliphatic carbocycles. The van der Waals surface area contributed by atoms with E-state index in [0.717, 1.165) is 6.42 Å². The number of hydrogen-bond donors (Lipinski definition) is 1. The van der Waals surface area contributed by atoms with E-state index in [9.17, 15) is 0 Å². The summed E-state index contributed by atoms with van der Waals surface area (Å²) < 4.78 is 0. The van der Waals surface area contributed by atoms with E-state index in [1.54, 1.807) is 7.41 Å². The number of allylic oxidation sites excluding steroid dienone is 2. The third-order valence-corrected chi connectivity index (χ3v) is 2.13. The molecule has 0 heterocycles. The molecule has 2 heteroatoms. The van der Waals surface area contributed by atoms with Gasteiger partial charge in [-0.2, -0.15) is 0 Å². The van der Waals surface area contributed by atoms with Gasteiger partial charge < -0.3 is 5.64 Å². The maximum atomic E-state index is 5.44. The van der Waals surface area contributed by atoms with Gasteiger partial charge in [0.05, 0.1) is 0 Å². The molecule has 1 nitrogen and oxygen atoms in total. The van der Waals surface area contributed by atoms with E-state index < -0.39 is 0 Å². The zero-order valence-electron chi connectivity index (χ0n) is 6.09. The second-order valence-electron chi connectivity index (χ2n) is 3.26. The fourth-order valence-corrected chi connectivity index (χ4v) is 1.27. The molecule has 0 spiro atoms. The van der Waals surface area contributed by atoms with Crippen molar-refractivity contribution in [2.75, 3.05) is 0 Å². The number of nitrogens with two attached hydrogens (primary N) is 1. The van der Waals surface area contributed by atoms with Gasteiger partial charge in [-0.05, 0) is 17.7 Å². The summed E-state index contributed by atoms with van der Waals surface area (Å²) in [6.07, 6.45) is 5.55. The highest BCUT2D eigenvalue weighted by molar-refractivity contribution is 6.33. The number of rotatable bonds is 1. The van der Waals surface area contributed by atoms with Crippen molar-refractivity contribution in [2.24, 2.45) is 11.1 Å². The van der Waals surface area contributed by atoms with Gasteiger partial charge >= 0.3 is 0 Å². The van der Waals surface area contributed by atoms with E-state index in [0.29, 0.717) is 11.2 Å². The summed E-state index contributed by atoms with van der Waals surface area (Å²) in [5, 5.41) is 0. The minimum Gasteiger partial charge on any atom is -0.374 e. The van der Waals surface area contributed by atoms with Gasteiger partial charge in [-0.3, -0.25) is 0 Å². The van der Waals surface area contributed by atoms with Gasteiger partial charge in [0, 0.05) is 0 Å². The van der Waals surface area contributed by atoms with Crippen molar-refractivity contribution in [3.05, 3.63) is 12.2 Å². The Hall–Kier alpha value is -0.235. The van der Waals surface area contributed by atoms with Crippen LogP contribution in [-0.4, -0.2) is 7.41 Å². The monoisotopic (exact) mass is 122 g/mol. The minimum absolute atomic E-state index is 0.300. The van der Waals surface area contributed by atoms with Gasteiger partial charge in [0.1, 0.15) is 0 Å². The Balaban J connectivity index is 2.60. The lowest BCUT2D eigenvalue weighted by molar-refractivity contribution is 0.466. The van der Waals surface area contributed by atoms with Crippen LogP contribution in [0.4, 0.5) is 0 Å². The lowest BCUT2D eigenvalue weighted by Crippen LogP contribution is -2.23. The summed E-state index contributed by atoms with van der Waals surface area (Å²) in [6.45, 7) is 4.43. The first kappa shape index (κ1) is 6.88. The molecule has 1 atom stereocenters. The molecule has 0 amide bonds. The Morgan fingerprint density at radius 3 is 2.56 bits per heavy atom. The van der Waals surface area contributed by atoms with Gasteiger partial charge in [0.2, 0.25) is 7.41 Å². The van der Waals surface area contributed by atoms with E-state index in [1.807, 2.05) is 0 Å². The largest absolute Gasteiger partial charge is 0.374 e. The molecular weight excluding hydrogens is 109 g/mol. The molecule has 9 heavy (non-hydrogen) atoms. The molecule has 0 aromatic heterocycles. The van der Waals surface area contributed by atoms with Crippen LogP contribution in [0.5, 0.6) is 0 Å². The molecule has 0 bridgehead atoms. The van der Waals surface area contributed by atoms with Gasteiger partial charge in [0.15, 0.2) is 0 Å². The zero-order valence-corrected chi connectivity index (χ0v) is 6.09. The summed E-state index contributed by atoms with van der Waals surface area (Å²) in [5.74, 6) is 0.553. The summed E-state index contributed by atoms with van der Waals surface area (Å²) in [7, 11) is 1.81. The van der Waals surface area contributed by atoms with Crippen LogP contribution >= 0.6 is 0 Å². The second kappa shape index (κ2) is 2.18. The smallest absolute Gasteiger partial charge is 0.207 e. The standard InChI is InChI=1S/C7H13BN/c1-7(2)5-3-4-6(7)8-9/h3,5-6H,4,9H2,1-2H3. The van der Waals surface area contributed by atoms with Crippen LogP contribution in [0.25, 0.3) is 0 Å². The molecule has 49 valence electrons. The Morgan fingerprint density at radius 1 is 1.67 bits per heavy atom. The van der Waals surface area contributed by atoms with Crippen LogP contribution in [0.15, 0.2) is 12.2 Å². The van der Waals surface area contributed by atoms with Gasteiger partial charge in [0.25, 0.3) is 0 Å². The Kier molecular flexibility index (Phi) is 1.67. The van der Waals surface area contributed by atoms with Gasteiger partial charge in [-0.25, -0.2) is 0 Å². The van der Waals surface area contributed by atoms with Crippen molar-refractivity contribution >= 4 is 7.41 Å². The molecule has 0 fully saturated rings. The Bertz CT molecular complexity index is 129. The highest BCUT2D eigenvalue weighted by Crippen LogP contribution is 2.39. The average Bonchev–Trinajstić information content (AvgIpc) is 2.08. The highest BCUT2D eigenvalue weighted by Gasteiger charge is 2.28. The summed E-state index contributed by atoms with van der Waals surface area (Å²) in [4.78, 5) is 0. The third kappa shape index (κ3) is 1.18. The predicted molar refractivity (Wildman–Crippen MR) is 41.2 cm³/mol. The maximum absolute atomic E-state index is 5.44. The summed E-state index contributed by atoms with van der Waals surface area (Å²) >= 11 is 0. The van der Waals surface area contributed by atoms with Crippen molar-refractivity contribution in [1.29, 1.82) is 0 Å². The fourth-order valence-electron chi connectivity index (χ4n) is 1.27. The fraction of sp³-hybridized carbons (Fsp3) is 0.714. The summed E-state index contributed by atoms with van der Waals surface area (Å²) in [5.41, 5.74) is 5.74. The molecule has 2 N–H and O–H groups in total. The predicted octanol–water partition coefficient (Wildman–Crippen LogP) is 1.34. The van der Waals surface area contributed by atoms with Crippen molar-refractivity contribution < 1.29 is 0 Å². The van der Waals surface area contributed by atoms with E-state index in [-0.39, 0.29) is 0 Å². The first-order valence-corrected chi connectivity index (χ1v) is 3.39. The minimum atomic E-state index is 0.300. The van der Waals surface area contributed by atoms with E-state index in [1.165, 1.54) is 0 Å². The van der Waals surface area contributed by atoms with E-state index in [4.69, 9.17) is 5.64 Å². The third-order valence-electron chi connectivity index (χ3n) is 2.13. The Labute approximate surface area is 57.6 Å². The molecule has 0 saturated heterocycles. The van der Waals surface area contributed by atoms with Crippen molar-refractivity contribution in [2.45, 2.75) is 26.1 Å². The second-order valence-corrected chi connectivity index (χ2v) is 3.26. The molecule has 0 aromatic rings. The molecule has 0 aliphatic heterocycles. The van der Waals surface area contributed by atoms with Crippen molar-refractivity contribution in [3.8, 4) is 0 Å². The van der Waals surface area contributed by atoms with Gasteiger partial charge in [-0.1, -0.05) is 26.0 Å². The van der Waals surface area contributed by atoms with Crippen LogP contribution in [0.2, 0.25) is 5.82 Å². The van der Waals surface area contributed by atoms with Crippen LogP contribution < -0.4 is 5.64 Å².